The maximum atomic E-state index is 13.3. The molecule has 0 aliphatic heterocycles. The van der Waals surface area contributed by atoms with E-state index in [1.165, 1.54) is 12.1 Å². The standard InChI is InChI=1S/C15H12ClFO2/c1-9-7-10(4-6-14(9)19-2)15(18)11-3-5-12(16)13(17)8-11/h3-8H,1-2H3. The van der Waals surface area contributed by atoms with E-state index in [0.717, 1.165) is 11.6 Å². The van der Waals surface area contributed by atoms with Gasteiger partial charge in [0.05, 0.1) is 12.1 Å². The summed E-state index contributed by atoms with van der Waals surface area (Å²) >= 11 is 5.59. The molecule has 98 valence electrons. The van der Waals surface area contributed by atoms with Crippen molar-refractivity contribution >= 4 is 17.4 Å². The molecule has 0 amide bonds. The molecule has 0 N–H and O–H groups in total. The van der Waals surface area contributed by atoms with Crippen LogP contribution >= 0.6 is 11.6 Å². The van der Waals surface area contributed by atoms with Crippen molar-refractivity contribution < 1.29 is 13.9 Å². The van der Waals surface area contributed by atoms with Crippen molar-refractivity contribution in [3.63, 3.8) is 0 Å². The van der Waals surface area contributed by atoms with Gasteiger partial charge in [-0.25, -0.2) is 4.39 Å². The third kappa shape index (κ3) is 2.76. The molecule has 2 aromatic carbocycles. The lowest BCUT2D eigenvalue weighted by Gasteiger charge is -2.07. The lowest BCUT2D eigenvalue weighted by atomic mass is 10.0. The Kier molecular flexibility index (Phi) is 3.86. The van der Waals surface area contributed by atoms with E-state index in [4.69, 9.17) is 16.3 Å². The Labute approximate surface area is 115 Å². The lowest BCUT2D eigenvalue weighted by molar-refractivity contribution is 0.103. The van der Waals surface area contributed by atoms with Crippen molar-refractivity contribution in [1.82, 2.24) is 0 Å². The molecule has 2 nitrogen and oxygen atoms in total. The van der Waals surface area contributed by atoms with Crippen molar-refractivity contribution in [3.8, 4) is 5.75 Å². The fourth-order valence-electron chi connectivity index (χ4n) is 1.82. The predicted octanol–water partition coefficient (Wildman–Crippen LogP) is 4.03. The van der Waals surface area contributed by atoms with Crippen LogP contribution < -0.4 is 4.74 Å². The van der Waals surface area contributed by atoms with Crippen LogP contribution in [0.5, 0.6) is 5.75 Å². The first-order valence-electron chi connectivity index (χ1n) is 5.67. The van der Waals surface area contributed by atoms with Crippen molar-refractivity contribution in [1.29, 1.82) is 0 Å². The van der Waals surface area contributed by atoms with Crippen LogP contribution in [-0.2, 0) is 0 Å². The first-order valence-corrected chi connectivity index (χ1v) is 6.05. The topological polar surface area (TPSA) is 26.3 Å². The fourth-order valence-corrected chi connectivity index (χ4v) is 1.94. The molecule has 0 saturated carbocycles. The number of carbonyl (C=O) groups excluding carboxylic acids is 1. The minimum Gasteiger partial charge on any atom is -0.496 e. The van der Waals surface area contributed by atoms with Gasteiger partial charge >= 0.3 is 0 Å². The zero-order chi connectivity index (χ0) is 14.0. The Morgan fingerprint density at radius 1 is 1.16 bits per heavy atom. The molecule has 0 aromatic heterocycles. The summed E-state index contributed by atoms with van der Waals surface area (Å²) in [4.78, 5) is 12.2. The molecular weight excluding hydrogens is 267 g/mol. The number of carbonyl (C=O) groups is 1. The fraction of sp³-hybridized carbons (Fsp3) is 0.133. The normalized spacial score (nSPS) is 10.3. The highest BCUT2D eigenvalue weighted by molar-refractivity contribution is 6.30. The maximum Gasteiger partial charge on any atom is 0.193 e. The minimum absolute atomic E-state index is 0.00228. The number of benzene rings is 2. The predicted molar refractivity (Wildman–Crippen MR) is 72.6 cm³/mol. The van der Waals surface area contributed by atoms with Crippen molar-refractivity contribution in [3.05, 3.63) is 63.9 Å². The highest BCUT2D eigenvalue weighted by Gasteiger charge is 2.12. The van der Waals surface area contributed by atoms with Gasteiger partial charge in [0.1, 0.15) is 11.6 Å². The Morgan fingerprint density at radius 2 is 1.79 bits per heavy atom. The van der Waals surface area contributed by atoms with Crippen LogP contribution in [0.25, 0.3) is 0 Å². The van der Waals surface area contributed by atoms with Crippen LogP contribution in [0.3, 0.4) is 0 Å². The minimum atomic E-state index is -0.599. The number of ketones is 1. The monoisotopic (exact) mass is 278 g/mol. The second-order valence-electron chi connectivity index (χ2n) is 4.14. The smallest absolute Gasteiger partial charge is 0.193 e. The molecule has 0 unspecified atom stereocenters. The van der Waals surface area contributed by atoms with Crippen molar-refractivity contribution in [2.45, 2.75) is 6.92 Å². The zero-order valence-electron chi connectivity index (χ0n) is 10.5. The van der Waals surface area contributed by atoms with E-state index in [9.17, 15) is 9.18 Å². The average molecular weight is 279 g/mol. The van der Waals surface area contributed by atoms with E-state index in [1.54, 1.807) is 25.3 Å². The van der Waals surface area contributed by atoms with E-state index in [0.29, 0.717) is 11.3 Å². The van der Waals surface area contributed by atoms with Gasteiger partial charge in [0, 0.05) is 11.1 Å². The summed E-state index contributed by atoms with van der Waals surface area (Å²) in [6.07, 6.45) is 0. The van der Waals surface area contributed by atoms with Gasteiger partial charge in [-0.3, -0.25) is 4.79 Å². The van der Waals surface area contributed by atoms with Gasteiger partial charge in [-0.15, -0.1) is 0 Å². The van der Waals surface area contributed by atoms with E-state index in [1.807, 2.05) is 6.92 Å². The molecule has 0 heterocycles. The summed E-state index contributed by atoms with van der Waals surface area (Å²) < 4.78 is 18.5. The summed E-state index contributed by atoms with van der Waals surface area (Å²) in [5.74, 6) is -0.141. The summed E-state index contributed by atoms with van der Waals surface area (Å²) in [5, 5.41) is 0.00228. The number of rotatable bonds is 3. The van der Waals surface area contributed by atoms with Gasteiger partial charge < -0.3 is 4.74 Å². The van der Waals surface area contributed by atoms with Crippen molar-refractivity contribution in [2.24, 2.45) is 0 Å². The molecule has 0 radical (unpaired) electrons. The Morgan fingerprint density at radius 3 is 2.37 bits per heavy atom. The van der Waals surface area contributed by atoms with E-state index in [2.05, 4.69) is 0 Å². The second kappa shape index (κ2) is 5.41. The lowest BCUT2D eigenvalue weighted by Crippen LogP contribution is -2.02. The number of hydrogen-bond donors (Lipinski definition) is 0. The molecule has 0 atom stereocenters. The molecule has 0 aliphatic rings. The summed E-state index contributed by atoms with van der Waals surface area (Å²) in [6.45, 7) is 1.85. The first kappa shape index (κ1) is 13.6. The molecule has 2 aromatic rings. The van der Waals surface area contributed by atoms with Gasteiger partial charge in [0.2, 0.25) is 0 Å². The maximum absolute atomic E-state index is 13.3. The highest BCUT2D eigenvalue weighted by atomic mass is 35.5. The Balaban J connectivity index is 2.38. The molecule has 4 heteroatoms. The quantitative estimate of drug-likeness (QED) is 0.793. The molecule has 0 bridgehead atoms. The molecule has 0 aliphatic carbocycles. The van der Waals surface area contributed by atoms with Crippen LogP contribution in [0, 0.1) is 12.7 Å². The summed E-state index contributed by atoms with van der Waals surface area (Å²) in [7, 11) is 1.57. The first-order chi connectivity index (χ1) is 9.02. The van der Waals surface area contributed by atoms with E-state index in [-0.39, 0.29) is 16.4 Å². The average Bonchev–Trinajstić information content (AvgIpc) is 2.41. The highest BCUT2D eigenvalue weighted by Crippen LogP contribution is 2.22. The van der Waals surface area contributed by atoms with Gasteiger partial charge in [-0.1, -0.05) is 11.6 Å². The van der Waals surface area contributed by atoms with Gasteiger partial charge in [0.25, 0.3) is 0 Å². The molecule has 0 saturated heterocycles. The summed E-state index contributed by atoms with van der Waals surface area (Å²) in [6, 6.07) is 9.11. The molecule has 19 heavy (non-hydrogen) atoms. The van der Waals surface area contributed by atoms with Gasteiger partial charge in [-0.05, 0) is 48.9 Å². The molecule has 0 spiro atoms. The number of aryl methyl sites for hydroxylation is 1. The Hall–Kier alpha value is -1.87. The molecule has 2 rings (SSSR count). The second-order valence-corrected chi connectivity index (χ2v) is 4.55. The van der Waals surface area contributed by atoms with E-state index < -0.39 is 5.82 Å². The third-order valence-electron chi connectivity index (χ3n) is 2.84. The SMILES string of the molecule is COc1ccc(C(=O)c2ccc(Cl)c(F)c2)cc1C. The zero-order valence-corrected chi connectivity index (χ0v) is 11.3. The molecule has 0 fully saturated rings. The van der Waals surface area contributed by atoms with Crippen LogP contribution in [-0.4, -0.2) is 12.9 Å². The van der Waals surface area contributed by atoms with E-state index >= 15 is 0 Å². The van der Waals surface area contributed by atoms with Crippen molar-refractivity contribution in [2.75, 3.05) is 7.11 Å². The van der Waals surface area contributed by atoms with Crippen LogP contribution in [0.4, 0.5) is 4.39 Å². The largest absolute Gasteiger partial charge is 0.496 e. The van der Waals surface area contributed by atoms with Crippen LogP contribution in [0.15, 0.2) is 36.4 Å². The number of halogens is 2. The third-order valence-corrected chi connectivity index (χ3v) is 3.15. The molecular formula is C15H12ClFO2. The van der Waals surface area contributed by atoms with Crippen LogP contribution in [0.1, 0.15) is 21.5 Å². The Bertz CT molecular complexity index is 638. The summed E-state index contributed by atoms with van der Waals surface area (Å²) in [5.41, 5.74) is 1.61. The number of ether oxygens (including phenoxy) is 1. The number of methoxy groups -OCH3 is 1. The van der Waals surface area contributed by atoms with Crippen LogP contribution in [0.2, 0.25) is 5.02 Å². The number of hydrogen-bond acceptors (Lipinski definition) is 2. The van der Waals surface area contributed by atoms with Gasteiger partial charge in [0.15, 0.2) is 5.78 Å². The van der Waals surface area contributed by atoms with Gasteiger partial charge in [-0.2, -0.15) is 0 Å².